The molecular weight excluding hydrogens is 386 g/mol. The average molecular weight is 407 g/mol. The molecule has 0 atom stereocenters. The fourth-order valence-electron chi connectivity index (χ4n) is 3.09. The average Bonchev–Trinajstić information content (AvgIpc) is 3.18. The van der Waals surface area contributed by atoms with E-state index < -0.39 is 0 Å². The summed E-state index contributed by atoms with van der Waals surface area (Å²) in [6, 6.07) is 13.8. The second kappa shape index (κ2) is 8.05. The van der Waals surface area contributed by atoms with E-state index in [1.807, 2.05) is 42.6 Å². The monoisotopic (exact) mass is 407 g/mol. The summed E-state index contributed by atoms with van der Waals surface area (Å²) in [4.78, 5) is 30.2. The Morgan fingerprint density at radius 3 is 2.83 bits per heavy atom. The van der Waals surface area contributed by atoms with E-state index in [1.165, 1.54) is 16.9 Å². The predicted octanol–water partition coefficient (Wildman–Crippen LogP) is 4.05. The number of aromatic nitrogens is 1. The van der Waals surface area contributed by atoms with Crippen LogP contribution in [-0.4, -0.2) is 30.5 Å². The molecule has 0 fully saturated rings. The molecule has 2 aromatic carbocycles. The van der Waals surface area contributed by atoms with Gasteiger partial charge in [-0.1, -0.05) is 29.8 Å². The number of anilines is 2. The predicted molar refractivity (Wildman–Crippen MR) is 115 cm³/mol. The Balaban J connectivity index is 1.41. The number of ether oxygens (including phenoxy) is 1. The zero-order valence-electron chi connectivity index (χ0n) is 16.3. The van der Waals surface area contributed by atoms with Crippen molar-refractivity contribution in [3.63, 3.8) is 0 Å². The van der Waals surface area contributed by atoms with Gasteiger partial charge in [0, 0.05) is 24.4 Å². The molecular formula is C22H21N3O3S. The van der Waals surface area contributed by atoms with E-state index >= 15 is 0 Å². The molecule has 0 unspecified atom stereocenters. The van der Waals surface area contributed by atoms with Gasteiger partial charge < -0.3 is 15.0 Å². The number of thiazole rings is 1. The molecule has 1 aliphatic heterocycles. The van der Waals surface area contributed by atoms with Crippen molar-refractivity contribution in [3.05, 3.63) is 59.0 Å². The lowest BCUT2D eigenvalue weighted by Gasteiger charge is -2.26. The molecule has 1 N–H and O–H groups in total. The van der Waals surface area contributed by atoms with E-state index in [-0.39, 0.29) is 18.4 Å². The number of aryl methyl sites for hydroxylation is 2. The zero-order chi connectivity index (χ0) is 20.4. The zero-order valence-corrected chi connectivity index (χ0v) is 17.1. The molecule has 3 aromatic rings. The smallest absolute Gasteiger partial charge is 0.264 e. The highest BCUT2D eigenvalue weighted by molar-refractivity contribution is 7.14. The molecule has 1 aromatic heterocycles. The standard InChI is InChI=1S/C22H21N3O3S/c1-14-3-5-15(6-4-14)7-10-20(26)24-22-23-17(13-29-22)16-8-9-19-18(11-16)25(2)21(27)12-28-19/h3-6,8-9,11,13H,7,10,12H2,1-2H3,(H,23,24,26). The van der Waals surface area contributed by atoms with Crippen LogP contribution in [0.2, 0.25) is 0 Å². The SMILES string of the molecule is Cc1ccc(CCC(=O)Nc2nc(-c3ccc4c(c3)N(C)C(=O)CO4)cs2)cc1. The molecule has 0 saturated carbocycles. The molecule has 6 nitrogen and oxygen atoms in total. The summed E-state index contributed by atoms with van der Waals surface area (Å²) >= 11 is 1.38. The second-order valence-electron chi connectivity index (χ2n) is 7.00. The second-order valence-corrected chi connectivity index (χ2v) is 7.85. The summed E-state index contributed by atoms with van der Waals surface area (Å²) in [6.45, 7) is 2.10. The number of fused-ring (bicyclic) bond motifs is 1. The molecule has 4 rings (SSSR count). The first-order valence-corrected chi connectivity index (χ1v) is 10.2. The number of nitrogens with zero attached hydrogens (tertiary/aromatic N) is 2. The molecule has 0 saturated heterocycles. The number of carbonyl (C=O) groups excluding carboxylic acids is 2. The third kappa shape index (κ3) is 4.30. The van der Waals surface area contributed by atoms with E-state index in [0.717, 1.165) is 22.5 Å². The van der Waals surface area contributed by atoms with Crippen LogP contribution in [0.3, 0.4) is 0 Å². The van der Waals surface area contributed by atoms with Crippen LogP contribution in [-0.2, 0) is 16.0 Å². The van der Waals surface area contributed by atoms with Crippen LogP contribution in [0.25, 0.3) is 11.3 Å². The van der Waals surface area contributed by atoms with Crippen molar-refractivity contribution < 1.29 is 14.3 Å². The van der Waals surface area contributed by atoms with Crippen molar-refractivity contribution in [2.45, 2.75) is 19.8 Å². The maximum atomic E-state index is 12.3. The number of hydrogen-bond donors (Lipinski definition) is 1. The van der Waals surface area contributed by atoms with E-state index in [9.17, 15) is 9.59 Å². The highest BCUT2D eigenvalue weighted by Gasteiger charge is 2.23. The first-order chi connectivity index (χ1) is 14.0. The van der Waals surface area contributed by atoms with Crippen LogP contribution in [0.5, 0.6) is 5.75 Å². The van der Waals surface area contributed by atoms with Crippen molar-refractivity contribution >= 4 is 34.0 Å². The van der Waals surface area contributed by atoms with E-state index in [0.29, 0.717) is 23.7 Å². The minimum Gasteiger partial charge on any atom is -0.482 e. The van der Waals surface area contributed by atoms with Gasteiger partial charge in [-0.2, -0.15) is 0 Å². The number of nitrogens with one attached hydrogen (secondary N) is 1. The van der Waals surface area contributed by atoms with Crippen LogP contribution in [0.4, 0.5) is 10.8 Å². The van der Waals surface area contributed by atoms with Gasteiger partial charge in [0.2, 0.25) is 5.91 Å². The van der Waals surface area contributed by atoms with Crippen LogP contribution < -0.4 is 15.0 Å². The van der Waals surface area contributed by atoms with Gasteiger partial charge in [-0.3, -0.25) is 9.59 Å². The first kappa shape index (κ1) is 19.1. The van der Waals surface area contributed by atoms with E-state index in [2.05, 4.69) is 22.4 Å². The maximum absolute atomic E-state index is 12.3. The van der Waals surface area contributed by atoms with Crippen LogP contribution in [0.1, 0.15) is 17.5 Å². The number of carbonyl (C=O) groups is 2. The Labute approximate surface area is 173 Å². The van der Waals surface area contributed by atoms with Gasteiger partial charge >= 0.3 is 0 Å². The lowest BCUT2D eigenvalue weighted by molar-refractivity contribution is -0.121. The number of benzene rings is 2. The van der Waals surface area contributed by atoms with Crippen molar-refractivity contribution in [1.82, 2.24) is 4.98 Å². The van der Waals surface area contributed by atoms with E-state index in [1.54, 1.807) is 11.9 Å². The summed E-state index contributed by atoms with van der Waals surface area (Å²) in [5.41, 5.74) is 4.68. The molecule has 0 aliphatic carbocycles. The molecule has 0 spiro atoms. The number of hydrogen-bond acceptors (Lipinski definition) is 5. The van der Waals surface area contributed by atoms with Crippen molar-refractivity contribution in [3.8, 4) is 17.0 Å². The molecule has 7 heteroatoms. The third-order valence-electron chi connectivity index (χ3n) is 4.85. The molecule has 2 heterocycles. The number of likely N-dealkylation sites (N-methyl/N-ethyl adjacent to an activating group) is 1. The van der Waals surface area contributed by atoms with Gasteiger partial charge in [0.15, 0.2) is 11.7 Å². The summed E-state index contributed by atoms with van der Waals surface area (Å²) in [5, 5.41) is 5.33. The normalized spacial score (nSPS) is 13.0. The number of amides is 2. The lowest BCUT2D eigenvalue weighted by atomic mass is 10.1. The summed E-state index contributed by atoms with van der Waals surface area (Å²) in [7, 11) is 1.73. The fourth-order valence-corrected chi connectivity index (χ4v) is 3.83. The van der Waals surface area contributed by atoms with Gasteiger partial charge in [0.25, 0.3) is 5.91 Å². The van der Waals surface area contributed by atoms with Crippen molar-refractivity contribution in [2.75, 3.05) is 23.9 Å². The fraction of sp³-hybridized carbons (Fsp3) is 0.227. The quantitative estimate of drug-likeness (QED) is 0.693. The van der Waals surface area contributed by atoms with Crippen molar-refractivity contribution in [1.29, 1.82) is 0 Å². The Bertz CT molecular complexity index is 1060. The van der Waals surface area contributed by atoms with Crippen LogP contribution in [0.15, 0.2) is 47.8 Å². The number of rotatable bonds is 5. The Hall–Kier alpha value is -3.19. The van der Waals surface area contributed by atoms with Crippen molar-refractivity contribution in [2.24, 2.45) is 0 Å². The Kier molecular flexibility index (Phi) is 5.31. The largest absolute Gasteiger partial charge is 0.482 e. The van der Waals surface area contributed by atoms with Gasteiger partial charge in [-0.05, 0) is 37.1 Å². The molecule has 148 valence electrons. The topological polar surface area (TPSA) is 71.5 Å². The minimum absolute atomic E-state index is 0.0539. The van der Waals surface area contributed by atoms with Crippen LogP contribution in [0, 0.1) is 6.92 Å². The molecule has 2 amide bonds. The molecule has 0 radical (unpaired) electrons. The van der Waals surface area contributed by atoms with E-state index in [4.69, 9.17) is 4.74 Å². The summed E-state index contributed by atoms with van der Waals surface area (Å²) < 4.78 is 5.46. The summed E-state index contributed by atoms with van der Waals surface area (Å²) in [5.74, 6) is 0.529. The van der Waals surface area contributed by atoms with Gasteiger partial charge in [0.05, 0.1) is 11.4 Å². The Morgan fingerprint density at radius 1 is 1.24 bits per heavy atom. The van der Waals surface area contributed by atoms with Crippen LogP contribution >= 0.6 is 11.3 Å². The van der Waals surface area contributed by atoms with Gasteiger partial charge in [0.1, 0.15) is 5.75 Å². The lowest BCUT2D eigenvalue weighted by Crippen LogP contribution is -2.35. The third-order valence-corrected chi connectivity index (χ3v) is 5.61. The van der Waals surface area contributed by atoms with Gasteiger partial charge in [-0.15, -0.1) is 11.3 Å². The molecule has 1 aliphatic rings. The Morgan fingerprint density at radius 2 is 2.03 bits per heavy atom. The maximum Gasteiger partial charge on any atom is 0.264 e. The minimum atomic E-state index is -0.0885. The summed E-state index contributed by atoms with van der Waals surface area (Å²) in [6.07, 6.45) is 1.09. The molecule has 0 bridgehead atoms. The highest BCUT2D eigenvalue weighted by atomic mass is 32.1. The van der Waals surface area contributed by atoms with Gasteiger partial charge in [-0.25, -0.2) is 4.98 Å². The molecule has 29 heavy (non-hydrogen) atoms. The highest BCUT2D eigenvalue weighted by Crippen LogP contribution is 2.36. The first-order valence-electron chi connectivity index (χ1n) is 9.34.